The summed E-state index contributed by atoms with van der Waals surface area (Å²) >= 11 is 0. The van der Waals surface area contributed by atoms with Gasteiger partial charge < -0.3 is 14.2 Å². The normalized spacial score (nSPS) is 12.7. The fourth-order valence-corrected chi connectivity index (χ4v) is 9.89. The fraction of sp³-hybridized carbons (Fsp3) is 0.747. The molecule has 0 fully saturated rings. The molecule has 0 amide bonds. The Morgan fingerprint density at radius 2 is 0.481 bits per heavy atom. The standard InChI is InChI=1S/C75H130O6/c1-4-7-10-13-16-19-22-25-27-29-31-32-33-34-35-36-37-38-39-40-41-42-44-45-47-50-53-56-59-62-65-68-74(77)80-71-72(70-79-73(76)67-64-61-58-55-52-49-24-21-18-15-12-9-6-3)81-75(78)69-66-63-60-57-54-51-48-46-43-30-28-26-23-20-17-14-11-8-5-2/h7,10,16,19,21,24-25,27,31-32,34-35,37-38,40-41,72H,4-6,8-9,11-15,17-18,20,22-23,26,28-30,33,36,39,42-71H2,1-3H3/b10-7-,19-16-,24-21-,27-25-,32-31-,35-34-,38-37-,41-40-. The molecule has 0 bridgehead atoms. The Labute approximate surface area is 502 Å². The predicted molar refractivity (Wildman–Crippen MR) is 353 cm³/mol. The second-order valence-electron chi connectivity index (χ2n) is 23.1. The molecule has 0 aromatic heterocycles. The summed E-state index contributed by atoms with van der Waals surface area (Å²) in [6.45, 7) is 6.54. The Bertz CT molecular complexity index is 1580. The molecule has 0 aliphatic rings. The van der Waals surface area contributed by atoms with Gasteiger partial charge in [-0.15, -0.1) is 0 Å². The maximum absolute atomic E-state index is 12.9. The maximum atomic E-state index is 12.9. The largest absolute Gasteiger partial charge is 0.462 e. The summed E-state index contributed by atoms with van der Waals surface area (Å²) in [6, 6.07) is 0. The van der Waals surface area contributed by atoms with Crippen molar-refractivity contribution in [3.05, 3.63) is 97.2 Å². The average molecular weight is 1130 g/mol. The van der Waals surface area contributed by atoms with Gasteiger partial charge in [0.1, 0.15) is 13.2 Å². The van der Waals surface area contributed by atoms with Crippen molar-refractivity contribution in [2.45, 2.75) is 348 Å². The molecule has 81 heavy (non-hydrogen) atoms. The number of esters is 3. The predicted octanol–water partition coefficient (Wildman–Crippen LogP) is 24.0. The van der Waals surface area contributed by atoms with E-state index in [2.05, 4.69) is 118 Å². The molecule has 466 valence electrons. The number of ether oxygens (including phenoxy) is 3. The average Bonchev–Trinajstić information content (AvgIpc) is 3.46. The van der Waals surface area contributed by atoms with Crippen LogP contribution in [-0.2, 0) is 28.6 Å². The number of unbranched alkanes of at least 4 members (excludes halogenated alkanes) is 36. The summed E-state index contributed by atoms with van der Waals surface area (Å²) in [5.41, 5.74) is 0. The highest BCUT2D eigenvalue weighted by molar-refractivity contribution is 5.71. The molecule has 6 nitrogen and oxygen atoms in total. The van der Waals surface area contributed by atoms with E-state index >= 15 is 0 Å². The molecule has 0 aromatic rings. The fourth-order valence-electron chi connectivity index (χ4n) is 9.89. The maximum Gasteiger partial charge on any atom is 0.306 e. The van der Waals surface area contributed by atoms with Crippen molar-refractivity contribution >= 4 is 17.9 Å². The number of allylic oxidation sites excluding steroid dienone is 16. The molecule has 0 radical (unpaired) electrons. The minimum Gasteiger partial charge on any atom is -0.462 e. The van der Waals surface area contributed by atoms with Crippen molar-refractivity contribution in [3.8, 4) is 0 Å². The van der Waals surface area contributed by atoms with E-state index in [9.17, 15) is 14.4 Å². The Balaban J connectivity index is 4.27. The van der Waals surface area contributed by atoms with E-state index in [-0.39, 0.29) is 31.1 Å². The summed E-state index contributed by atoms with van der Waals surface area (Å²) in [6.07, 6.45) is 92.8. The van der Waals surface area contributed by atoms with Gasteiger partial charge in [-0.05, 0) is 103 Å². The number of carbonyl (C=O) groups is 3. The second-order valence-corrected chi connectivity index (χ2v) is 23.1. The van der Waals surface area contributed by atoms with Gasteiger partial charge in [-0.3, -0.25) is 14.4 Å². The van der Waals surface area contributed by atoms with E-state index in [1.165, 1.54) is 186 Å². The number of hydrogen-bond acceptors (Lipinski definition) is 6. The van der Waals surface area contributed by atoms with Gasteiger partial charge in [0.2, 0.25) is 0 Å². The number of rotatable bonds is 63. The molecular weight excluding hydrogens is 997 g/mol. The molecule has 0 N–H and O–H groups in total. The van der Waals surface area contributed by atoms with Gasteiger partial charge in [0.15, 0.2) is 6.10 Å². The van der Waals surface area contributed by atoms with Gasteiger partial charge in [-0.1, -0.05) is 317 Å². The molecule has 1 unspecified atom stereocenters. The van der Waals surface area contributed by atoms with Crippen LogP contribution in [-0.4, -0.2) is 37.2 Å². The van der Waals surface area contributed by atoms with Crippen molar-refractivity contribution in [2.24, 2.45) is 0 Å². The zero-order valence-electron chi connectivity index (χ0n) is 53.5. The lowest BCUT2D eigenvalue weighted by Gasteiger charge is -2.18. The highest BCUT2D eigenvalue weighted by Gasteiger charge is 2.19. The van der Waals surface area contributed by atoms with Crippen LogP contribution in [0.3, 0.4) is 0 Å². The number of carbonyl (C=O) groups excluding carboxylic acids is 3. The molecule has 0 saturated carbocycles. The van der Waals surface area contributed by atoms with Crippen LogP contribution in [0.5, 0.6) is 0 Å². The SMILES string of the molecule is CC/C=C\C/C=C\C/C=C\C/C=C\C/C=C\C/C=C\C/C=C\CCCCCCCCCCCC(=O)OCC(COC(=O)CCCCCCC/C=C\CCCCCC)OC(=O)CCCCCCCCCCCCCCCCCCCCC. The van der Waals surface area contributed by atoms with Gasteiger partial charge in [0.25, 0.3) is 0 Å². The summed E-state index contributed by atoms with van der Waals surface area (Å²) < 4.78 is 17.0. The Morgan fingerprint density at radius 1 is 0.259 bits per heavy atom. The number of hydrogen-bond donors (Lipinski definition) is 0. The van der Waals surface area contributed by atoms with Crippen LogP contribution in [0.25, 0.3) is 0 Å². The summed E-state index contributed by atoms with van der Waals surface area (Å²) in [4.78, 5) is 38.4. The lowest BCUT2D eigenvalue weighted by Crippen LogP contribution is -2.30. The zero-order chi connectivity index (χ0) is 58.5. The quantitative estimate of drug-likeness (QED) is 0.0261. The first kappa shape index (κ1) is 77.3. The molecule has 0 aliphatic heterocycles. The molecule has 0 saturated heterocycles. The van der Waals surface area contributed by atoms with E-state index in [0.29, 0.717) is 19.3 Å². The minimum absolute atomic E-state index is 0.0798. The van der Waals surface area contributed by atoms with Crippen molar-refractivity contribution < 1.29 is 28.6 Å². The van der Waals surface area contributed by atoms with Gasteiger partial charge in [0, 0.05) is 19.3 Å². The van der Waals surface area contributed by atoms with Gasteiger partial charge >= 0.3 is 17.9 Å². The van der Waals surface area contributed by atoms with Crippen LogP contribution >= 0.6 is 0 Å². The van der Waals surface area contributed by atoms with E-state index in [1.54, 1.807) is 0 Å². The smallest absolute Gasteiger partial charge is 0.306 e. The van der Waals surface area contributed by atoms with Crippen LogP contribution in [0.4, 0.5) is 0 Å². The van der Waals surface area contributed by atoms with E-state index in [1.807, 2.05) is 0 Å². The van der Waals surface area contributed by atoms with Crippen molar-refractivity contribution in [1.82, 2.24) is 0 Å². The van der Waals surface area contributed by atoms with Crippen molar-refractivity contribution in [3.63, 3.8) is 0 Å². The van der Waals surface area contributed by atoms with Crippen LogP contribution < -0.4 is 0 Å². The third-order valence-corrected chi connectivity index (χ3v) is 15.1. The molecule has 0 aliphatic carbocycles. The van der Waals surface area contributed by atoms with E-state index in [0.717, 1.165) is 116 Å². The summed E-state index contributed by atoms with van der Waals surface area (Å²) in [5, 5.41) is 0. The van der Waals surface area contributed by atoms with Crippen LogP contribution in [0.2, 0.25) is 0 Å². The Morgan fingerprint density at radius 3 is 0.778 bits per heavy atom. The molecular formula is C75H130O6. The molecule has 0 aromatic carbocycles. The lowest BCUT2D eigenvalue weighted by atomic mass is 10.0. The topological polar surface area (TPSA) is 78.9 Å². The van der Waals surface area contributed by atoms with Crippen LogP contribution in [0.15, 0.2) is 97.2 Å². The minimum atomic E-state index is -0.783. The molecule has 6 heteroatoms. The molecule has 0 spiro atoms. The lowest BCUT2D eigenvalue weighted by molar-refractivity contribution is -0.167. The Kier molecular flexibility index (Phi) is 65.7. The highest BCUT2D eigenvalue weighted by Crippen LogP contribution is 2.17. The second kappa shape index (κ2) is 68.8. The van der Waals surface area contributed by atoms with Crippen LogP contribution in [0.1, 0.15) is 342 Å². The summed E-state index contributed by atoms with van der Waals surface area (Å²) in [5.74, 6) is -0.877. The van der Waals surface area contributed by atoms with Crippen molar-refractivity contribution in [1.29, 1.82) is 0 Å². The molecule has 1 atom stereocenters. The molecule has 0 heterocycles. The highest BCUT2D eigenvalue weighted by atomic mass is 16.6. The monoisotopic (exact) mass is 1130 g/mol. The van der Waals surface area contributed by atoms with Gasteiger partial charge in [0.05, 0.1) is 0 Å². The van der Waals surface area contributed by atoms with Gasteiger partial charge in [-0.25, -0.2) is 0 Å². The van der Waals surface area contributed by atoms with Crippen molar-refractivity contribution in [2.75, 3.05) is 13.2 Å². The van der Waals surface area contributed by atoms with E-state index < -0.39 is 6.10 Å². The molecule has 0 rings (SSSR count). The van der Waals surface area contributed by atoms with E-state index in [4.69, 9.17) is 14.2 Å². The first-order valence-corrected chi connectivity index (χ1v) is 34.7. The third-order valence-electron chi connectivity index (χ3n) is 15.1. The summed E-state index contributed by atoms with van der Waals surface area (Å²) in [7, 11) is 0. The first-order chi connectivity index (χ1) is 40.0. The first-order valence-electron chi connectivity index (χ1n) is 34.7. The van der Waals surface area contributed by atoms with Gasteiger partial charge in [-0.2, -0.15) is 0 Å². The Hall–Kier alpha value is -3.67. The van der Waals surface area contributed by atoms with Crippen LogP contribution in [0, 0.1) is 0 Å². The zero-order valence-corrected chi connectivity index (χ0v) is 53.5. The third kappa shape index (κ3) is 67.0.